The lowest BCUT2D eigenvalue weighted by Gasteiger charge is -2.68. The highest BCUT2D eigenvalue weighted by atomic mass is 19.4. The molecule has 8 heteroatoms. The molecule has 1 amide bonds. The average molecular weight is 549 g/mol. The Morgan fingerprint density at radius 2 is 1.64 bits per heavy atom. The summed E-state index contributed by atoms with van der Waals surface area (Å²) < 4.78 is 39.2. The Morgan fingerprint density at radius 1 is 0.974 bits per heavy atom. The molecule has 39 heavy (non-hydrogen) atoms. The second kappa shape index (κ2) is 9.05. The van der Waals surface area contributed by atoms with Crippen LogP contribution in [0.2, 0.25) is 0 Å². The van der Waals surface area contributed by atoms with Gasteiger partial charge < -0.3 is 5.32 Å². The Morgan fingerprint density at radius 3 is 2.28 bits per heavy atom. The van der Waals surface area contributed by atoms with Crippen molar-refractivity contribution in [3.05, 3.63) is 0 Å². The number of hydrogen-bond acceptors (Lipinski definition) is 4. The number of amides is 1. The number of fused-ring (bicyclic) bond motifs is 7. The first kappa shape index (κ1) is 28.6. The summed E-state index contributed by atoms with van der Waals surface area (Å²) in [7, 11) is 0. The van der Waals surface area contributed by atoms with E-state index in [0.717, 1.165) is 19.3 Å². The first-order chi connectivity index (χ1) is 18.0. The first-order valence-electron chi connectivity index (χ1n) is 14.8. The maximum Gasteiger partial charge on any atom is 0.405 e. The lowest BCUT2D eigenvalue weighted by atomic mass is 9.35. The number of Topliss-reactive ketones (excluding diaryl/α,β-unsaturated/α-hetero) is 2. The third-order valence-corrected chi connectivity index (χ3v) is 12.7. The van der Waals surface area contributed by atoms with Crippen LogP contribution in [0.5, 0.6) is 0 Å². The minimum Gasteiger partial charge on any atom is -0.346 e. The number of hydrogen-bond donors (Lipinski definition) is 1. The van der Waals surface area contributed by atoms with Gasteiger partial charge in [0.25, 0.3) is 0 Å². The Bertz CT molecular complexity index is 1110. The van der Waals surface area contributed by atoms with E-state index < -0.39 is 30.0 Å². The van der Waals surface area contributed by atoms with Crippen LogP contribution in [0.3, 0.4) is 0 Å². The number of nitrogens with zero attached hydrogens (tertiary/aromatic N) is 1. The molecule has 0 bridgehead atoms. The highest BCUT2D eigenvalue weighted by Crippen LogP contribution is 2.71. The van der Waals surface area contributed by atoms with E-state index in [1.165, 1.54) is 0 Å². The Kier molecular flexibility index (Phi) is 6.64. The van der Waals surface area contributed by atoms with Gasteiger partial charge in [0.05, 0.1) is 11.5 Å². The zero-order valence-electron chi connectivity index (χ0n) is 23.9. The summed E-state index contributed by atoms with van der Waals surface area (Å²) in [4.78, 5) is 40.7. The van der Waals surface area contributed by atoms with Crippen LogP contribution in [0.4, 0.5) is 13.2 Å². The normalized spacial score (nSPS) is 47.1. The van der Waals surface area contributed by atoms with Crippen molar-refractivity contribution in [3.63, 3.8) is 0 Å². The molecule has 0 spiro atoms. The van der Waals surface area contributed by atoms with Crippen molar-refractivity contribution >= 4 is 17.5 Å². The summed E-state index contributed by atoms with van der Waals surface area (Å²) in [5, 5.41) is 12.0. The maximum absolute atomic E-state index is 14.2. The third kappa shape index (κ3) is 4.27. The van der Waals surface area contributed by atoms with Gasteiger partial charge in [-0.25, -0.2) is 0 Å². The molecule has 5 aliphatic carbocycles. The summed E-state index contributed by atoms with van der Waals surface area (Å²) in [6.45, 7) is 9.37. The van der Waals surface area contributed by atoms with Crippen molar-refractivity contribution in [2.75, 3.05) is 6.54 Å². The van der Waals surface area contributed by atoms with E-state index in [9.17, 15) is 32.8 Å². The number of carbonyl (C=O) groups excluding carboxylic acids is 3. The van der Waals surface area contributed by atoms with Crippen molar-refractivity contribution in [2.45, 2.75) is 98.6 Å². The van der Waals surface area contributed by atoms with Crippen LogP contribution in [0, 0.1) is 74.4 Å². The summed E-state index contributed by atoms with van der Waals surface area (Å²) in [6, 6.07) is 2.25. The van der Waals surface area contributed by atoms with E-state index in [2.05, 4.69) is 39.1 Å². The second-order valence-electron chi connectivity index (χ2n) is 15.1. The van der Waals surface area contributed by atoms with Gasteiger partial charge >= 0.3 is 6.18 Å². The molecule has 1 N–H and O–H groups in total. The quantitative estimate of drug-likeness (QED) is 0.441. The van der Waals surface area contributed by atoms with Crippen molar-refractivity contribution in [1.29, 1.82) is 5.26 Å². The molecule has 5 fully saturated rings. The molecule has 0 saturated heterocycles. The Balaban J connectivity index is 1.51. The predicted octanol–water partition coefficient (Wildman–Crippen LogP) is 6.26. The maximum atomic E-state index is 14.2. The van der Waals surface area contributed by atoms with Crippen molar-refractivity contribution in [2.24, 2.45) is 63.1 Å². The zero-order valence-corrected chi connectivity index (χ0v) is 23.9. The van der Waals surface area contributed by atoms with Crippen LogP contribution in [-0.4, -0.2) is 30.2 Å². The molecule has 5 aliphatic rings. The summed E-state index contributed by atoms with van der Waals surface area (Å²) in [6.07, 6.45) is 1.20. The van der Waals surface area contributed by atoms with Gasteiger partial charge in [0.1, 0.15) is 18.2 Å². The van der Waals surface area contributed by atoms with Crippen molar-refractivity contribution in [1.82, 2.24) is 5.32 Å². The van der Waals surface area contributed by atoms with Gasteiger partial charge in [0.15, 0.2) is 5.78 Å². The van der Waals surface area contributed by atoms with E-state index in [1.54, 1.807) is 0 Å². The zero-order chi connectivity index (χ0) is 28.8. The summed E-state index contributed by atoms with van der Waals surface area (Å²) in [5.41, 5.74) is -1.52. The number of nitrogens with one attached hydrogen (secondary N) is 1. The summed E-state index contributed by atoms with van der Waals surface area (Å²) in [5.74, 6) is -1.60. The molecule has 10 atom stereocenters. The van der Waals surface area contributed by atoms with E-state index in [0.29, 0.717) is 38.5 Å². The standard InChI is InChI=1S/C31H43F3N2O3/c1-17-19-6-8-28(4)20-7-9-30(26(39)36-16-31(32,33)34)11-10-27(2,3)14-21(30)24(20)22(37)12-23(28)29(19,5)13-18(15-35)25(17)38/h17-21,23-24H,6-14,16H2,1-5H3,(H,36,39). The Labute approximate surface area is 230 Å². The SMILES string of the molecule is CC1C(=O)C(C#N)CC2(C)C1CCC1(C)C3CCC4(C(=O)NCC(F)(F)F)CCC(C)(C)CC4C3C(=O)CC21. The van der Waals surface area contributed by atoms with Gasteiger partial charge in [-0.1, -0.05) is 34.6 Å². The van der Waals surface area contributed by atoms with Gasteiger partial charge in [0, 0.05) is 18.3 Å². The van der Waals surface area contributed by atoms with Crippen LogP contribution < -0.4 is 5.32 Å². The monoisotopic (exact) mass is 548 g/mol. The molecule has 5 saturated carbocycles. The predicted molar refractivity (Wildman–Crippen MR) is 139 cm³/mol. The molecule has 0 aliphatic heterocycles. The molecule has 5 rings (SSSR count). The fraction of sp³-hybridized carbons (Fsp3) is 0.871. The Hall–Kier alpha value is -1.91. The highest BCUT2D eigenvalue weighted by Gasteiger charge is 2.68. The van der Waals surface area contributed by atoms with Crippen LogP contribution in [0.25, 0.3) is 0 Å². The fourth-order valence-corrected chi connectivity index (χ4v) is 10.7. The molecule has 0 aromatic heterocycles. The number of halogens is 3. The lowest BCUT2D eigenvalue weighted by Crippen LogP contribution is -2.66. The van der Waals surface area contributed by atoms with Crippen LogP contribution >= 0.6 is 0 Å². The van der Waals surface area contributed by atoms with Gasteiger partial charge in [-0.2, -0.15) is 18.4 Å². The minimum absolute atomic E-state index is 0.0281. The number of rotatable bonds is 2. The van der Waals surface area contributed by atoms with Crippen molar-refractivity contribution in [3.8, 4) is 6.07 Å². The largest absolute Gasteiger partial charge is 0.405 e. The van der Waals surface area contributed by atoms with E-state index in [1.807, 2.05) is 6.92 Å². The number of ketones is 2. The van der Waals surface area contributed by atoms with Gasteiger partial charge in [-0.05, 0) is 91.3 Å². The smallest absolute Gasteiger partial charge is 0.346 e. The van der Waals surface area contributed by atoms with Crippen LogP contribution in [-0.2, 0) is 14.4 Å². The number of nitriles is 1. The number of alkyl halides is 3. The molecule has 5 nitrogen and oxygen atoms in total. The molecule has 0 heterocycles. The molecule has 216 valence electrons. The van der Waals surface area contributed by atoms with Gasteiger partial charge in [-0.3, -0.25) is 14.4 Å². The molecule has 0 aromatic rings. The van der Waals surface area contributed by atoms with E-state index in [4.69, 9.17) is 0 Å². The van der Waals surface area contributed by atoms with Gasteiger partial charge in [0.2, 0.25) is 5.91 Å². The lowest BCUT2D eigenvalue weighted by molar-refractivity contribution is -0.201. The van der Waals surface area contributed by atoms with Crippen molar-refractivity contribution < 1.29 is 27.6 Å². The van der Waals surface area contributed by atoms with Gasteiger partial charge in [-0.15, -0.1) is 0 Å². The second-order valence-corrected chi connectivity index (χ2v) is 15.1. The molecule has 0 aromatic carbocycles. The molecular formula is C31H43F3N2O3. The first-order valence-corrected chi connectivity index (χ1v) is 14.8. The van der Waals surface area contributed by atoms with Crippen LogP contribution in [0.15, 0.2) is 0 Å². The third-order valence-electron chi connectivity index (χ3n) is 12.7. The molecule has 10 unspecified atom stereocenters. The fourth-order valence-electron chi connectivity index (χ4n) is 10.7. The average Bonchev–Trinajstić information content (AvgIpc) is 2.85. The molecule has 0 radical (unpaired) electrons. The summed E-state index contributed by atoms with van der Waals surface area (Å²) >= 11 is 0. The highest BCUT2D eigenvalue weighted by molar-refractivity contribution is 5.89. The van der Waals surface area contributed by atoms with E-state index >= 15 is 0 Å². The topological polar surface area (TPSA) is 87.0 Å². The van der Waals surface area contributed by atoms with E-state index in [-0.39, 0.29) is 63.3 Å². The number of carbonyl (C=O) groups is 3. The molecular weight excluding hydrogens is 505 g/mol. The van der Waals surface area contributed by atoms with Crippen LogP contribution in [0.1, 0.15) is 92.4 Å². The minimum atomic E-state index is -4.48.